The van der Waals surface area contributed by atoms with Crippen molar-refractivity contribution >= 4 is 11.9 Å². The second kappa shape index (κ2) is 6.56. The molecule has 1 aliphatic rings. The van der Waals surface area contributed by atoms with Crippen molar-refractivity contribution in [1.29, 1.82) is 0 Å². The van der Waals surface area contributed by atoms with E-state index in [1.165, 1.54) is 0 Å². The lowest BCUT2D eigenvalue weighted by Gasteiger charge is -2.13. The zero-order chi connectivity index (χ0) is 15.4. The second-order valence-electron chi connectivity index (χ2n) is 5.35. The minimum Gasteiger partial charge on any atom is -0.480 e. The van der Waals surface area contributed by atoms with E-state index in [0.717, 1.165) is 43.4 Å². The number of aryl methyl sites for hydroxylation is 2. The number of nitrogens with one attached hydrogen (secondary N) is 2. The first kappa shape index (κ1) is 15.3. The molecule has 1 amide bonds. The largest absolute Gasteiger partial charge is 0.480 e. The Kier molecular flexibility index (Phi) is 4.77. The molecule has 1 unspecified atom stereocenters. The lowest BCUT2D eigenvalue weighted by Crippen LogP contribution is -2.42. The van der Waals surface area contributed by atoms with Crippen molar-refractivity contribution in [1.82, 2.24) is 10.3 Å². The van der Waals surface area contributed by atoms with E-state index in [2.05, 4.69) is 10.3 Å². The summed E-state index contributed by atoms with van der Waals surface area (Å²) in [4.78, 5) is 37.9. The number of fused-ring (bicyclic) bond motifs is 1. The third-order valence-electron chi connectivity index (χ3n) is 3.84. The van der Waals surface area contributed by atoms with Gasteiger partial charge in [0.05, 0.1) is 0 Å². The van der Waals surface area contributed by atoms with Crippen molar-refractivity contribution in [2.75, 3.05) is 0 Å². The maximum Gasteiger partial charge on any atom is 0.326 e. The highest BCUT2D eigenvalue weighted by Gasteiger charge is 2.21. The van der Waals surface area contributed by atoms with Crippen LogP contribution in [0, 0.1) is 0 Å². The van der Waals surface area contributed by atoms with E-state index in [4.69, 9.17) is 5.11 Å². The van der Waals surface area contributed by atoms with Gasteiger partial charge in [0.25, 0.3) is 11.5 Å². The standard InChI is InChI=1S/C15H20N2O4/c1-2-11(15(20)21)16-13(18)10-8-9-6-4-3-5-7-12(9)17-14(10)19/h8,11H,2-7H2,1H3,(H,16,18)(H,17,19)(H,20,21). The summed E-state index contributed by atoms with van der Waals surface area (Å²) in [5.74, 6) is -1.73. The number of aliphatic carboxylic acids is 1. The summed E-state index contributed by atoms with van der Waals surface area (Å²) >= 11 is 0. The van der Waals surface area contributed by atoms with E-state index in [1.807, 2.05) is 0 Å². The smallest absolute Gasteiger partial charge is 0.326 e. The number of carbonyl (C=O) groups is 2. The second-order valence-corrected chi connectivity index (χ2v) is 5.35. The first-order valence-electron chi connectivity index (χ1n) is 7.31. The molecule has 1 aromatic heterocycles. The number of rotatable bonds is 4. The zero-order valence-corrected chi connectivity index (χ0v) is 12.1. The van der Waals surface area contributed by atoms with Gasteiger partial charge in [0.2, 0.25) is 0 Å². The van der Waals surface area contributed by atoms with Gasteiger partial charge in [-0.25, -0.2) is 4.79 Å². The Balaban J connectivity index is 2.27. The Morgan fingerprint density at radius 1 is 1.33 bits per heavy atom. The van der Waals surface area contributed by atoms with Gasteiger partial charge in [0, 0.05) is 5.69 Å². The van der Waals surface area contributed by atoms with E-state index in [0.29, 0.717) is 0 Å². The van der Waals surface area contributed by atoms with Crippen molar-refractivity contribution in [3.8, 4) is 0 Å². The summed E-state index contributed by atoms with van der Waals surface area (Å²) in [6.45, 7) is 1.67. The number of carboxylic acids is 1. The Morgan fingerprint density at radius 2 is 2.05 bits per heavy atom. The average Bonchev–Trinajstić information content (AvgIpc) is 2.67. The third-order valence-corrected chi connectivity index (χ3v) is 3.84. The van der Waals surface area contributed by atoms with Crippen LogP contribution in [-0.2, 0) is 17.6 Å². The highest BCUT2D eigenvalue weighted by atomic mass is 16.4. The molecule has 21 heavy (non-hydrogen) atoms. The summed E-state index contributed by atoms with van der Waals surface area (Å²) in [6, 6.07) is 0.638. The van der Waals surface area contributed by atoms with Gasteiger partial charge in [-0.1, -0.05) is 13.3 Å². The van der Waals surface area contributed by atoms with E-state index in [1.54, 1.807) is 13.0 Å². The van der Waals surface area contributed by atoms with Crippen molar-refractivity contribution in [3.05, 3.63) is 33.2 Å². The lowest BCUT2D eigenvalue weighted by molar-refractivity contribution is -0.139. The van der Waals surface area contributed by atoms with Gasteiger partial charge in [0.15, 0.2) is 0 Å². The summed E-state index contributed by atoms with van der Waals surface area (Å²) in [5, 5.41) is 11.4. The highest BCUT2D eigenvalue weighted by molar-refractivity contribution is 5.96. The van der Waals surface area contributed by atoms with Crippen molar-refractivity contribution < 1.29 is 14.7 Å². The van der Waals surface area contributed by atoms with E-state index in [-0.39, 0.29) is 12.0 Å². The summed E-state index contributed by atoms with van der Waals surface area (Å²) < 4.78 is 0. The number of hydrogen-bond acceptors (Lipinski definition) is 3. The van der Waals surface area contributed by atoms with Crippen molar-refractivity contribution in [3.63, 3.8) is 0 Å². The van der Waals surface area contributed by atoms with Crippen LogP contribution in [0.1, 0.15) is 54.2 Å². The lowest BCUT2D eigenvalue weighted by atomic mass is 10.1. The topological polar surface area (TPSA) is 99.3 Å². The maximum absolute atomic E-state index is 12.1. The number of hydrogen-bond donors (Lipinski definition) is 3. The predicted molar refractivity (Wildman–Crippen MR) is 77.5 cm³/mol. The van der Waals surface area contributed by atoms with Crippen LogP contribution in [0.25, 0.3) is 0 Å². The summed E-state index contributed by atoms with van der Waals surface area (Å²) in [5.41, 5.74) is 1.43. The molecule has 1 heterocycles. The molecule has 0 spiro atoms. The van der Waals surface area contributed by atoms with Crippen LogP contribution in [0.5, 0.6) is 0 Å². The number of aromatic nitrogens is 1. The Bertz CT molecular complexity index is 606. The van der Waals surface area contributed by atoms with Crippen LogP contribution in [-0.4, -0.2) is 28.0 Å². The first-order valence-corrected chi connectivity index (χ1v) is 7.31. The molecule has 0 radical (unpaired) electrons. The van der Waals surface area contributed by atoms with Gasteiger partial charge in [-0.15, -0.1) is 0 Å². The van der Waals surface area contributed by atoms with Gasteiger partial charge in [-0.3, -0.25) is 9.59 Å². The number of H-pyrrole nitrogens is 1. The molecule has 2 rings (SSSR count). The molecule has 3 N–H and O–H groups in total. The minimum atomic E-state index is -1.10. The molecule has 1 aromatic rings. The molecule has 6 nitrogen and oxygen atoms in total. The maximum atomic E-state index is 12.1. The molecule has 1 aliphatic carbocycles. The normalized spacial score (nSPS) is 15.7. The fourth-order valence-electron chi connectivity index (χ4n) is 2.59. The molecule has 0 aromatic carbocycles. The molecule has 6 heteroatoms. The van der Waals surface area contributed by atoms with Crippen molar-refractivity contribution in [2.24, 2.45) is 0 Å². The Labute approximate surface area is 122 Å². The van der Waals surface area contributed by atoms with Gasteiger partial charge >= 0.3 is 5.97 Å². The molecular formula is C15H20N2O4. The minimum absolute atomic E-state index is 0.00431. The molecular weight excluding hydrogens is 272 g/mol. The number of pyridine rings is 1. The third kappa shape index (κ3) is 3.51. The number of amides is 1. The molecule has 0 saturated carbocycles. The molecule has 0 saturated heterocycles. The van der Waals surface area contributed by atoms with Gasteiger partial charge in [-0.2, -0.15) is 0 Å². The molecule has 0 fully saturated rings. The zero-order valence-electron chi connectivity index (χ0n) is 12.1. The van der Waals surface area contributed by atoms with E-state index >= 15 is 0 Å². The molecule has 1 atom stereocenters. The van der Waals surface area contributed by atoms with Gasteiger partial charge < -0.3 is 15.4 Å². The molecule has 0 aliphatic heterocycles. The number of carboxylic acid groups (broad SMARTS) is 1. The van der Waals surface area contributed by atoms with Crippen LogP contribution in [0.4, 0.5) is 0 Å². The highest BCUT2D eigenvalue weighted by Crippen LogP contribution is 2.18. The van der Waals surface area contributed by atoms with E-state index < -0.39 is 23.5 Å². The van der Waals surface area contributed by atoms with Crippen LogP contribution < -0.4 is 10.9 Å². The molecule has 0 bridgehead atoms. The first-order chi connectivity index (χ1) is 10.0. The predicted octanol–water partition coefficient (Wildman–Crippen LogP) is 1.24. The number of aromatic amines is 1. The summed E-state index contributed by atoms with van der Waals surface area (Å²) in [6.07, 6.45) is 5.10. The quantitative estimate of drug-likeness (QED) is 0.727. The van der Waals surface area contributed by atoms with Crippen LogP contribution in [0.3, 0.4) is 0 Å². The van der Waals surface area contributed by atoms with E-state index in [9.17, 15) is 14.4 Å². The fraction of sp³-hybridized carbons (Fsp3) is 0.533. The fourth-order valence-corrected chi connectivity index (χ4v) is 2.59. The Morgan fingerprint density at radius 3 is 2.71 bits per heavy atom. The van der Waals surface area contributed by atoms with Gasteiger partial charge in [0.1, 0.15) is 11.6 Å². The SMILES string of the molecule is CCC(NC(=O)c1cc2c([nH]c1=O)CCCCC2)C(=O)O. The van der Waals surface area contributed by atoms with Crippen molar-refractivity contribution in [2.45, 2.75) is 51.5 Å². The van der Waals surface area contributed by atoms with Crippen LogP contribution in [0.15, 0.2) is 10.9 Å². The number of carbonyl (C=O) groups excluding carboxylic acids is 1. The monoisotopic (exact) mass is 292 g/mol. The van der Waals surface area contributed by atoms with Gasteiger partial charge in [-0.05, 0) is 43.7 Å². The summed E-state index contributed by atoms with van der Waals surface area (Å²) in [7, 11) is 0. The average molecular weight is 292 g/mol. The Hall–Kier alpha value is -2.11. The van der Waals surface area contributed by atoms with Crippen LogP contribution >= 0.6 is 0 Å². The molecule has 114 valence electrons. The van der Waals surface area contributed by atoms with Crippen LogP contribution in [0.2, 0.25) is 0 Å².